The summed E-state index contributed by atoms with van der Waals surface area (Å²) in [6, 6.07) is 0. The van der Waals surface area contributed by atoms with Gasteiger partial charge in [-0.1, -0.05) is 229 Å². The van der Waals surface area contributed by atoms with Crippen LogP contribution in [0.25, 0.3) is 0 Å². The zero-order chi connectivity index (χ0) is 51.3. The van der Waals surface area contributed by atoms with Crippen molar-refractivity contribution in [2.45, 2.75) is 277 Å². The molecule has 0 aliphatic rings. The molecule has 0 radical (unpaired) electrons. The fourth-order valence-electron chi connectivity index (χ4n) is 8.25. The number of unbranched alkanes of at least 4 members (excludes halogenated alkanes) is 32. The van der Waals surface area contributed by atoms with E-state index in [1.54, 1.807) is 0 Å². The van der Waals surface area contributed by atoms with Crippen molar-refractivity contribution in [3.8, 4) is 0 Å². The number of rotatable bonds is 54. The maximum atomic E-state index is 12.8. The molecular weight excluding hydrogens is 894 g/mol. The Morgan fingerprint density at radius 3 is 1.19 bits per heavy atom. The van der Waals surface area contributed by atoms with Crippen molar-refractivity contribution in [2.75, 3.05) is 47.5 Å². The van der Waals surface area contributed by atoms with Gasteiger partial charge in [0, 0.05) is 12.8 Å². The van der Waals surface area contributed by atoms with Crippen molar-refractivity contribution in [2.24, 2.45) is 0 Å². The van der Waals surface area contributed by atoms with Crippen LogP contribution in [0.5, 0.6) is 0 Å². The second-order valence-electron chi connectivity index (χ2n) is 21.0. The molecule has 0 aromatic rings. The number of hydrogen-bond acceptors (Lipinski definition) is 7. The van der Waals surface area contributed by atoms with Gasteiger partial charge < -0.3 is 18.9 Å². The molecular formula is C60H113NO8P+. The van der Waals surface area contributed by atoms with E-state index >= 15 is 0 Å². The molecule has 70 heavy (non-hydrogen) atoms. The van der Waals surface area contributed by atoms with Crippen molar-refractivity contribution in [3.63, 3.8) is 0 Å². The van der Waals surface area contributed by atoms with E-state index in [4.69, 9.17) is 18.5 Å². The molecule has 0 aliphatic heterocycles. The number of phosphoric acid groups is 1. The van der Waals surface area contributed by atoms with Gasteiger partial charge in [0.05, 0.1) is 27.7 Å². The highest BCUT2D eigenvalue weighted by Gasteiger charge is 2.27. The Kier molecular flexibility index (Phi) is 50.4. The van der Waals surface area contributed by atoms with Crippen molar-refractivity contribution < 1.29 is 42.1 Å². The van der Waals surface area contributed by atoms with E-state index in [9.17, 15) is 19.0 Å². The predicted octanol–water partition coefficient (Wildman–Crippen LogP) is 18.1. The molecule has 0 aliphatic carbocycles. The minimum Gasteiger partial charge on any atom is -0.462 e. The van der Waals surface area contributed by atoms with E-state index in [-0.39, 0.29) is 32.0 Å². The van der Waals surface area contributed by atoms with Crippen LogP contribution in [0.2, 0.25) is 0 Å². The van der Waals surface area contributed by atoms with Crippen LogP contribution in [0.4, 0.5) is 0 Å². The van der Waals surface area contributed by atoms with Gasteiger partial charge in [-0.2, -0.15) is 0 Å². The average Bonchev–Trinajstić information content (AvgIpc) is 3.32. The van der Waals surface area contributed by atoms with Gasteiger partial charge in [0.2, 0.25) is 0 Å². The lowest BCUT2D eigenvalue weighted by Gasteiger charge is -2.24. The summed E-state index contributed by atoms with van der Waals surface area (Å²) >= 11 is 0. The molecule has 0 fully saturated rings. The lowest BCUT2D eigenvalue weighted by atomic mass is 10.0. The van der Waals surface area contributed by atoms with E-state index in [0.717, 1.165) is 70.6 Å². The average molecular weight is 1010 g/mol. The first kappa shape index (κ1) is 68.0. The Bertz CT molecular complexity index is 1320. The van der Waals surface area contributed by atoms with Gasteiger partial charge in [0.15, 0.2) is 6.10 Å². The fourth-order valence-corrected chi connectivity index (χ4v) is 9.00. The molecule has 0 heterocycles. The third-order valence-electron chi connectivity index (χ3n) is 12.8. The lowest BCUT2D eigenvalue weighted by Crippen LogP contribution is -2.37. The highest BCUT2D eigenvalue weighted by molar-refractivity contribution is 7.47. The van der Waals surface area contributed by atoms with E-state index < -0.39 is 26.5 Å². The Labute approximate surface area is 433 Å². The SMILES string of the molecule is CCCCC/C=C\C/C=C\C/C=C\CCCCCCCCC(=O)OC(COC(=O)CCCCCCCCCCCCCCCCC/C=C\CCCCCCCCCC)COP(=O)(O)OCC[N+](C)(C)C. The molecule has 0 aromatic heterocycles. The monoisotopic (exact) mass is 1010 g/mol. The van der Waals surface area contributed by atoms with Crippen molar-refractivity contribution in [1.82, 2.24) is 0 Å². The molecule has 0 spiro atoms. The van der Waals surface area contributed by atoms with E-state index in [1.807, 2.05) is 21.1 Å². The van der Waals surface area contributed by atoms with Gasteiger partial charge in [-0.05, 0) is 77.0 Å². The number of allylic oxidation sites excluding steroid dienone is 8. The van der Waals surface area contributed by atoms with Crippen LogP contribution in [-0.2, 0) is 32.7 Å². The van der Waals surface area contributed by atoms with E-state index in [2.05, 4.69) is 62.5 Å². The molecule has 0 aromatic carbocycles. The molecule has 410 valence electrons. The second-order valence-corrected chi connectivity index (χ2v) is 22.5. The first-order valence-corrected chi connectivity index (χ1v) is 30.9. The summed E-state index contributed by atoms with van der Waals surface area (Å²) in [5, 5.41) is 0. The summed E-state index contributed by atoms with van der Waals surface area (Å²) < 4.78 is 34.6. The highest BCUT2D eigenvalue weighted by Crippen LogP contribution is 2.43. The maximum Gasteiger partial charge on any atom is 0.472 e. The van der Waals surface area contributed by atoms with E-state index in [1.165, 1.54) is 167 Å². The Balaban J connectivity index is 4.13. The zero-order valence-corrected chi connectivity index (χ0v) is 47.4. The Hall–Kier alpha value is -2.03. The minimum atomic E-state index is -4.39. The van der Waals surface area contributed by atoms with Crippen LogP contribution in [0.1, 0.15) is 271 Å². The third-order valence-corrected chi connectivity index (χ3v) is 13.8. The van der Waals surface area contributed by atoms with E-state index in [0.29, 0.717) is 17.4 Å². The number of quaternary nitrogens is 1. The number of esters is 2. The van der Waals surface area contributed by atoms with Gasteiger partial charge >= 0.3 is 19.8 Å². The van der Waals surface area contributed by atoms with Crippen LogP contribution < -0.4 is 0 Å². The van der Waals surface area contributed by atoms with Gasteiger partial charge in [-0.15, -0.1) is 0 Å². The smallest absolute Gasteiger partial charge is 0.462 e. The summed E-state index contributed by atoms with van der Waals surface area (Å²) in [5.41, 5.74) is 0. The molecule has 0 saturated heterocycles. The molecule has 0 bridgehead atoms. The summed E-state index contributed by atoms with van der Waals surface area (Å²) in [7, 11) is 1.47. The fraction of sp³-hybridized carbons (Fsp3) is 0.833. The Morgan fingerprint density at radius 2 is 0.771 bits per heavy atom. The molecule has 0 amide bonds. The van der Waals surface area contributed by atoms with Crippen molar-refractivity contribution in [3.05, 3.63) is 48.6 Å². The number of carbonyl (C=O) groups excluding carboxylic acids is 2. The van der Waals surface area contributed by atoms with Crippen LogP contribution >= 0.6 is 7.82 Å². The predicted molar refractivity (Wildman–Crippen MR) is 298 cm³/mol. The van der Waals surface area contributed by atoms with Gasteiger partial charge in [-0.25, -0.2) is 4.57 Å². The van der Waals surface area contributed by atoms with Crippen LogP contribution in [0.3, 0.4) is 0 Å². The molecule has 10 heteroatoms. The van der Waals surface area contributed by atoms with Crippen molar-refractivity contribution in [1.29, 1.82) is 0 Å². The number of nitrogens with zero attached hydrogens (tertiary/aromatic N) is 1. The normalized spacial score (nSPS) is 13.6. The summed E-state index contributed by atoms with van der Waals surface area (Å²) in [4.78, 5) is 35.7. The minimum absolute atomic E-state index is 0.0287. The molecule has 1 N–H and O–H groups in total. The number of phosphoric ester groups is 1. The van der Waals surface area contributed by atoms with Crippen molar-refractivity contribution >= 4 is 19.8 Å². The van der Waals surface area contributed by atoms with Crippen LogP contribution in [0.15, 0.2) is 48.6 Å². The summed E-state index contributed by atoms with van der Waals surface area (Å²) in [6.07, 6.45) is 64.7. The number of carbonyl (C=O) groups is 2. The number of likely N-dealkylation sites (N-methyl/N-ethyl adjacent to an activating group) is 1. The second kappa shape index (κ2) is 51.9. The first-order chi connectivity index (χ1) is 34.0. The van der Waals surface area contributed by atoms with Gasteiger partial charge in [0.25, 0.3) is 0 Å². The Morgan fingerprint density at radius 1 is 0.443 bits per heavy atom. The molecule has 2 atom stereocenters. The molecule has 0 saturated carbocycles. The zero-order valence-electron chi connectivity index (χ0n) is 46.5. The maximum absolute atomic E-state index is 12.8. The van der Waals surface area contributed by atoms with Gasteiger partial charge in [-0.3, -0.25) is 18.6 Å². The summed E-state index contributed by atoms with van der Waals surface area (Å²) in [6.45, 7) is 4.42. The van der Waals surface area contributed by atoms with Gasteiger partial charge in [0.1, 0.15) is 19.8 Å². The lowest BCUT2D eigenvalue weighted by molar-refractivity contribution is -0.870. The first-order valence-electron chi connectivity index (χ1n) is 29.4. The number of ether oxygens (including phenoxy) is 2. The third kappa shape index (κ3) is 55.3. The number of hydrogen-bond donors (Lipinski definition) is 1. The molecule has 0 rings (SSSR count). The summed E-state index contributed by atoms with van der Waals surface area (Å²) in [5.74, 6) is -0.803. The highest BCUT2D eigenvalue weighted by atomic mass is 31.2. The van der Waals surface area contributed by atoms with Crippen LogP contribution in [0, 0.1) is 0 Å². The molecule has 2 unspecified atom stereocenters. The standard InChI is InChI=1S/C60H112NO8P/c1-6-8-10-12-14-16-18-20-22-24-26-27-28-29-30-31-32-33-35-36-38-40-42-44-46-48-50-52-59(62)66-56-58(57-68-70(64,65)67-55-54-61(3,4)5)69-60(63)53-51-49-47-45-43-41-39-37-34-25-23-21-19-17-15-13-11-9-7-2/h15,17,21,23-24,26,34,37,58H,6-14,16,18-20,22,25,27-33,35-36,38-57H2,1-5H3/p+1/b17-15-,23-21-,26-24-,37-34-. The molecule has 9 nitrogen and oxygen atoms in total. The topological polar surface area (TPSA) is 108 Å². The largest absolute Gasteiger partial charge is 0.472 e. The van der Waals surface area contributed by atoms with Crippen LogP contribution in [-0.4, -0.2) is 74.9 Å². The quantitative estimate of drug-likeness (QED) is 0.0211.